The van der Waals surface area contributed by atoms with Crippen LogP contribution >= 0.6 is 0 Å². The van der Waals surface area contributed by atoms with Crippen LogP contribution in [0.3, 0.4) is 0 Å². The first-order valence-electron chi connectivity index (χ1n) is 11.2. The summed E-state index contributed by atoms with van der Waals surface area (Å²) >= 11 is 0. The average molecular weight is 486 g/mol. The van der Waals surface area contributed by atoms with E-state index in [1.54, 1.807) is 17.7 Å². The van der Waals surface area contributed by atoms with Crippen molar-refractivity contribution in [1.29, 1.82) is 0 Å². The number of sulfone groups is 1. The largest absolute Gasteiger partial charge is 0.451 e. The Hall–Kier alpha value is -3.14. The van der Waals surface area contributed by atoms with Gasteiger partial charge in [-0.25, -0.2) is 27.3 Å². The first kappa shape index (κ1) is 22.6. The molecule has 1 saturated heterocycles. The molecule has 0 spiro atoms. The zero-order valence-corrected chi connectivity index (χ0v) is 19.6. The van der Waals surface area contributed by atoms with Crippen molar-refractivity contribution >= 4 is 32.6 Å². The molecular weight excluding hydrogens is 461 g/mol. The van der Waals surface area contributed by atoms with Crippen LogP contribution in [-0.4, -0.2) is 52.5 Å². The number of Topliss-reactive ketones (excluding diaryl/α,β-unsaturated/α-hetero) is 1. The molecule has 1 aliphatic heterocycles. The van der Waals surface area contributed by atoms with Crippen molar-refractivity contribution in [2.24, 2.45) is 0 Å². The lowest BCUT2D eigenvalue weighted by molar-refractivity contribution is 0.0320. The van der Waals surface area contributed by atoms with Gasteiger partial charge in [-0.2, -0.15) is 5.10 Å². The van der Waals surface area contributed by atoms with Crippen molar-refractivity contribution in [3.05, 3.63) is 58.7 Å². The highest BCUT2D eigenvalue weighted by Gasteiger charge is 2.34. The van der Waals surface area contributed by atoms with E-state index in [1.165, 1.54) is 31.2 Å². The first-order chi connectivity index (χ1) is 16.1. The van der Waals surface area contributed by atoms with Crippen molar-refractivity contribution in [1.82, 2.24) is 14.8 Å². The molecule has 0 radical (unpaired) electrons. The van der Waals surface area contributed by atoms with Gasteiger partial charge < -0.3 is 4.74 Å². The van der Waals surface area contributed by atoms with Crippen molar-refractivity contribution < 1.29 is 27.1 Å². The molecule has 2 aromatic heterocycles. The zero-order valence-electron chi connectivity index (χ0n) is 18.8. The van der Waals surface area contributed by atoms with E-state index in [9.17, 15) is 22.4 Å². The molecule has 178 valence electrons. The lowest BCUT2D eigenvalue weighted by Gasteiger charge is -2.14. The summed E-state index contributed by atoms with van der Waals surface area (Å²) in [6.45, 7) is 3.22. The molecular formula is C24H24FN3O5S. The number of hydrogen-bond donors (Lipinski definition) is 0. The van der Waals surface area contributed by atoms with Gasteiger partial charge in [-0.1, -0.05) is 0 Å². The molecule has 1 saturated carbocycles. The summed E-state index contributed by atoms with van der Waals surface area (Å²) in [5, 5.41) is 5.05. The molecule has 34 heavy (non-hydrogen) atoms. The van der Waals surface area contributed by atoms with Crippen LogP contribution in [0.25, 0.3) is 11.0 Å². The van der Waals surface area contributed by atoms with Gasteiger partial charge in [0.05, 0.1) is 34.2 Å². The Bertz CT molecular complexity index is 1410. The number of aryl methyl sites for hydroxylation is 1. The number of esters is 1. The van der Waals surface area contributed by atoms with Gasteiger partial charge in [0.1, 0.15) is 5.82 Å². The molecule has 2 fully saturated rings. The van der Waals surface area contributed by atoms with E-state index < -0.39 is 33.5 Å². The van der Waals surface area contributed by atoms with Gasteiger partial charge >= 0.3 is 5.97 Å². The normalized spacial score (nSPS) is 20.4. The zero-order chi connectivity index (χ0) is 24.2. The third-order valence-corrected chi connectivity index (χ3v) is 8.16. The van der Waals surface area contributed by atoms with E-state index in [2.05, 4.69) is 5.10 Å². The first-order valence-corrected chi connectivity index (χ1v) is 13.1. The van der Waals surface area contributed by atoms with Crippen molar-refractivity contribution in [2.45, 2.75) is 51.2 Å². The summed E-state index contributed by atoms with van der Waals surface area (Å²) in [6.07, 6.45) is 1.27. The summed E-state index contributed by atoms with van der Waals surface area (Å²) < 4.78 is 44.4. The molecule has 1 aliphatic carbocycles. The Labute approximate surface area is 196 Å². The summed E-state index contributed by atoms with van der Waals surface area (Å²) in [5.74, 6) is -1.27. The maximum Gasteiger partial charge on any atom is 0.339 e. The number of fused-ring (bicyclic) bond motifs is 1. The van der Waals surface area contributed by atoms with Gasteiger partial charge in [-0.15, -0.1) is 0 Å². The van der Waals surface area contributed by atoms with Gasteiger partial charge in [-0.05, 0) is 63.4 Å². The predicted molar refractivity (Wildman–Crippen MR) is 122 cm³/mol. The van der Waals surface area contributed by atoms with Crippen LogP contribution in [0, 0.1) is 12.7 Å². The third kappa shape index (κ3) is 4.22. The van der Waals surface area contributed by atoms with Crippen molar-refractivity contribution in [3.8, 4) is 0 Å². The number of carbonyl (C=O) groups excluding carboxylic acids is 2. The van der Waals surface area contributed by atoms with Crippen LogP contribution in [0.5, 0.6) is 0 Å². The van der Waals surface area contributed by atoms with Crippen LogP contribution < -0.4 is 0 Å². The standard InChI is InChI=1S/C24H24FN3O5S/c1-13-21-19(24(30)33-14(2)22(29)16-5-7-17(25)8-6-16)11-20(15-3-4-15)26-23(21)28(27-13)18-9-10-34(31,32)12-18/h5-8,11,14-15,18H,3-4,9-10,12H2,1-2H3. The Morgan fingerprint density at radius 1 is 1.18 bits per heavy atom. The maximum atomic E-state index is 13.2. The number of ketones is 1. The Morgan fingerprint density at radius 3 is 2.50 bits per heavy atom. The molecule has 8 nitrogen and oxygen atoms in total. The Morgan fingerprint density at radius 2 is 1.88 bits per heavy atom. The topological polar surface area (TPSA) is 108 Å². The lowest BCUT2D eigenvalue weighted by Crippen LogP contribution is -2.24. The third-order valence-electron chi connectivity index (χ3n) is 6.41. The van der Waals surface area contributed by atoms with Crippen LogP contribution in [0.2, 0.25) is 0 Å². The lowest BCUT2D eigenvalue weighted by atomic mass is 10.1. The minimum atomic E-state index is -3.14. The van der Waals surface area contributed by atoms with Crippen molar-refractivity contribution in [3.63, 3.8) is 0 Å². The van der Waals surface area contributed by atoms with Crippen molar-refractivity contribution in [2.75, 3.05) is 11.5 Å². The number of nitrogens with zero attached hydrogens (tertiary/aromatic N) is 3. The molecule has 0 N–H and O–H groups in total. The number of ether oxygens (including phenoxy) is 1. The highest BCUT2D eigenvalue weighted by Crippen LogP contribution is 2.41. The van der Waals surface area contributed by atoms with E-state index in [4.69, 9.17) is 9.72 Å². The second kappa shape index (κ2) is 8.26. The van der Waals surface area contributed by atoms with E-state index in [0.717, 1.165) is 18.5 Å². The van der Waals surface area contributed by atoms with Crippen LogP contribution in [0.1, 0.15) is 70.2 Å². The van der Waals surface area contributed by atoms with Gasteiger partial charge in [0, 0.05) is 17.2 Å². The smallest absolute Gasteiger partial charge is 0.339 e. The molecule has 3 aromatic rings. The summed E-state index contributed by atoms with van der Waals surface area (Å²) in [5.41, 5.74) is 2.24. The van der Waals surface area contributed by atoms with Crippen LogP contribution in [-0.2, 0) is 14.6 Å². The molecule has 1 aromatic carbocycles. The monoisotopic (exact) mass is 485 g/mol. The number of benzene rings is 1. The second-order valence-corrected chi connectivity index (χ2v) is 11.3. The molecule has 10 heteroatoms. The highest BCUT2D eigenvalue weighted by molar-refractivity contribution is 7.91. The number of aromatic nitrogens is 3. The second-order valence-electron chi connectivity index (χ2n) is 9.07. The molecule has 3 heterocycles. The van der Waals surface area contributed by atoms with Gasteiger partial charge in [0.25, 0.3) is 0 Å². The number of hydrogen-bond acceptors (Lipinski definition) is 7. The number of halogens is 1. The predicted octanol–water partition coefficient (Wildman–Crippen LogP) is 3.54. The van der Waals surface area contributed by atoms with Gasteiger partial charge in [0.2, 0.25) is 5.78 Å². The Balaban J connectivity index is 1.50. The van der Waals surface area contributed by atoms with E-state index in [0.29, 0.717) is 23.1 Å². The van der Waals surface area contributed by atoms with Crippen LogP contribution in [0.4, 0.5) is 4.39 Å². The van der Waals surface area contributed by atoms with Gasteiger partial charge in [0.15, 0.2) is 21.6 Å². The molecule has 2 unspecified atom stereocenters. The fraction of sp³-hybridized carbons (Fsp3) is 0.417. The fourth-order valence-corrected chi connectivity index (χ4v) is 6.12. The SMILES string of the molecule is Cc1nn(C2CCS(=O)(=O)C2)c2nc(C3CC3)cc(C(=O)OC(C)C(=O)c3ccc(F)cc3)c12. The molecule has 0 bridgehead atoms. The number of pyridine rings is 1. The van der Waals surface area contributed by atoms with E-state index in [-0.39, 0.29) is 34.6 Å². The minimum Gasteiger partial charge on any atom is -0.451 e. The quantitative estimate of drug-likeness (QED) is 0.388. The highest BCUT2D eigenvalue weighted by atomic mass is 32.2. The maximum absolute atomic E-state index is 13.2. The minimum absolute atomic E-state index is 0.0124. The molecule has 2 atom stereocenters. The molecule has 5 rings (SSSR count). The van der Waals surface area contributed by atoms with Crippen LogP contribution in [0.15, 0.2) is 30.3 Å². The van der Waals surface area contributed by atoms with Gasteiger partial charge in [-0.3, -0.25) is 4.79 Å². The Kier molecular flexibility index (Phi) is 5.50. The fourth-order valence-electron chi connectivity index (χ4n) is 4.43. The average Bonchev–Trinajstić information content (AvgIpc) is 3.51. The van der Waals surface area contributed by atoms with E-state index >= 15 is 0 Å². The molecule has 0 amide bonds. The number of carbonyl (C=O) groups is 2. The van der Waals surface area contributed by atoms with E-state index in [1.807, 2.05) is 0 Å². The molecule has 2 aliphatic rings. The summed E-state index contributed by atoms with van der Waals surface area (Å²) in [7, 11) is -3.14. The number of rotatable bonds is 6. The summed E-state index contributed by atoms with van der Waals surface area (Å²) in [6, 6.07) is 6.41. The summed E-state index contributed by atoms with van der Waals surface area (Å²) in [4.78, 5) is 30.7.